The fraction of sp³-hybridized carbons (Fsp3) is 0.200. The first-order chi connectivity index (χ1) is 8.42. The van der Waals surface area contributed by atoms with Crippen LogP contribution in [-0.2, 0) is 4.74 Å². The maximum Gasteiger partial charge on any atom is 0.338 e. The van der Waals surface area contributed by atoms with Crippen molar-refractivity contribution in [2.45, 2.75) is 6.43 Å². The van der Waals surface area contributed by atoms with E-state index in [1.807, 2.05) is 0 Å². The Kier molecular flexibility index (Phi) is 3.89. The molecule has 0 bridgehead atoms. The summed E-state index contributed by atoms with van der Waals surface area (Å²) >= 11 is 0. The molecule has 6 nitrogen and oxygen atoms in total. The molecule has 0 atom stereocenters. The molecule has 0 saturated carbocycles. The van der Waals surface area contributed by atoms with Gasteiger partial charge in [0.1, 0.15) is 11.6 Å². The Morgan fingerprint density at radius 2 is 2.17 bits per heavy atom. The molecule has 0 aromatic heterocycles. The molecule has 0 amide bonds. The molecule has 94 valence electrons. The van der Waals surface area contributed by atoms with Crippen LogP contribution in [0, 0.1) is 21.4 Å². The molecule has 0 aliphatic rings. The van der Waals surface area contributed by atoms with E-state index in [1.54, 1.807) is 0 Å². The molecular formula is C10H6F2N2O4. The zero-order chi connectivity index (χ0) is 13.9. The van der Waals surface area contributed by atoms with Gasteiger partial charge in [0.15, 0.2) is 0 Å². The Morgan fingerprint density at radius 3 is 2.56 bits per heavy atom. The normalized spacial score (nSPS) is 9.94. The van der Waals surface area contributed by atoms with E-state index in [2.05, 4.69) is 4.74 Å². The largest absolute Gasteiger partial charge is 0.465 e. The number of nitro benzene ring substituents is 1. The van der Waals surface area contributed by atoms with Crippen LogP contribution in [0.3, 0.4) is 0 Å². The molecule has 0 spiro atoms. The number of nitrogens with zero attached hydrogens (tertiary/aromatic N) is 2. The van der Waals surface area contributed by atoms with Crippen molar-refractivity contribution < 1.29 is 23.2 Å². The second-order valence-corrected chi connectivity index (χ2v) is 3.12. The van der Waals surface area contributed by atoms with E-state index in [1.165, 1.54) is 6.07 Å². The van der Waals surface area contributed by atoms with Gasteiger partial charge in [-0.25, -0.2) is 13.6 Å². The van der Waals surface area contributed by atoms with Gasteiger partial charge < -0.3 is 4.74 Å². The quantitative estimate of drug-likeness (QED) is 0.469. The van der Waals surface area contributed by atoms with Gasteiger partial charge in [-0.2, -0.15) is 5.26 Å². The minimum Gasteiger partial charge on any atom is -0.465 e. The van der Waals surface area contributed by atoms with Gasteiger partial charge in [-0.05, 0) is 6.07 Å². The van der Waals surface area contributed by atoms with Crippen LogP contribution < -0.4 is 0 Å². The summed E-state index contributed by atoms with van der Waals surface area (Å²) in [5.41, 5.74) is -2.66. The molecule has 0 heterocycles. The zero-order valence-corrected chi connectivity index (χ0v) is 9.02. The van der Waals surface area contributed by atoms with Crippen molar-refractivity contribution in [2.24, 2.45) is 0 Å². The molecule has 0 fully saturated rings. The van der Waals surface area contributed by atoms with Crippen molar-refractivity contribution in [1.82, 2.24) is 0 Å². The number of nitriles is 1. The molecule has 0 unspecified atom stereocenters. The fourth-order valence-electron chi connectivity index (χ4n) is 1.31. The van der Waals surface area contributed by atoms with Gasteiger partial charge in [0.05, 0.1) is 17.6 Å². The average molecular weight is 256 g/mol. The number of hydrogen-bond acceptors (Lipinski definition) is 5. The van der Waals surface area contributed by atoms with E-state index >= 15 is 0 Å². The Hall–Kier alpha value is -2.56. The minimum atomic E-state index is -3.05. The summed E-state index contributed by atoms with van der Waals surface area (Å²) in [4.78, 5) is 21.0. The molecule has 8 heteroatoms. The molecule has 0 saturated heterocycles. The number of halogens is 2. The number of methoxy groups -OCH3 is 1. The van der Waals surface area contributed by atoms with Gasteiger partial charge in [0.2, 0.25) is 0 Å². The SMILES string of the molecule is COC(=O)c1cc([N+](=O)[O-])c(C#N)cc1C(F)F. The van der Waals surface area contributed by atoms with E-state index in [0.717, 1.165) is 7.11 Å². The molecule has 0 aliphatic carbocycles. The number of ether oxygens (including phenoxy) is 1. The lowest BCUT2D eigenvalue weighted by atomic mass is 10.0. The maximum absolute atomic E-state index is 12.7. The van der Waals surface area contributed by atoms with Gasteiger partial charge in [0.25, 0.3) is 12.1 Å². The monoisotopic (exact) mass is 256 g/mol. The molecular weight excluding hydrogens is 250 g/mol. The lowest BCUT2D eigenvalue weighted by molar-refractivity contribution is -0.385. The molecule has 0 radical (unpaired) electrons. The molecule has 18 heavy (non-hydrogen) atoms. The van der Waals surface area contributed by atoms with Gasteiger partial charge in [-0.15, -0.1) is 0 Å². The first-order valence-electron chi connectivity index (χ1n) is 4.51. The van der Waals surface area contributed by atoms with Crippen LogP contribution >= 0.6 is 0 Å². The topological polar surface area (TPSA) is 93.2 Å². The predicted molar refractivity (Wildman–Crippen MR) is 54.1 cm³/mol. The summed E-state index contributed by atoms with van der Waals surface area (Å²) in [5, 5.41) is 19.3. The lowest BCUT2D eigenvalue weighted by Gasteiger charge is -2.07. The first kappa shape index (κ1) is 13.5. The van der Waals surface area contributed by atoms with Crippen LogP contribution in [0.2, 0.25) is 0 Å². The Balaban J connectivity index is 3.59. The highest BCUT2D eigenvalue weighted by Gasteiger charge is 2.26. The van der Waals surface area contributed by atoms with Crippen LogP contribution in [-0.4, -0.2) is 18.0 Å². The van der Waals surface area contributed by atoms with Gasteiger partial charge in [-0.1, -0.05) is 0 Å². The van der Waals surface area contributed by atoms with Crippen molar-refractivity contribution in [3.05, 3.63) is 38.9 Å². The fourth-order valence-corrected chi connectivity index (χ4v) is 1.31. The third-order valence-electron chi connectivity index (χ3n) is 2.13. The molecule has 0 aliphatic heterocycles. The van der Waals surface area contributed by atoms with Gasteiger partial charge in [-0.3, -0.25) is 10.1 Å². The first-order valence-corrected chi connectivity index (χ1v) is 4.51. The second-order valence-electron chi connectivity index (χ2n) is 3.12. The van der Waals surface area contributed by atoms with E-state index in [9.17, 15) is 23.7 Å². The number of hydrogen-bond donors (Lipinski definition) is 0. The van der Waals surface area contributed by atoms with Crippen molar-refractivity contribution >= 4 is 11.7 Å². The second kappa shape index (κ2) is 5.18. The molecule has 0 N–H and O–H groups in total. The Labute approximate surface area is 99.5 Å². The summed E-state index contributed by atoms with van der Waals surface area (Å²) in [7, 11) is 0.960. The smallest absolute Gasteiger partial charge is 0.338 e. The highest BCUT2D eigenvalue weighted by molar-refractivity contribution is 5.92. The number of esters is 1. The van der Waals surface area contributed by atoms with E-state index in [0.29, 0.717) is 12.1 Å². The van der Waals surface area contributed by atoms with Crippen LogP contribution in [0.15, 0.2) is 12.1 Å². The number of alkyl halides is 2. The number of rotatable bonds is 3. The highest BCUT2D eigenvalue weighted by Crippen LogP contribution is 2.30. The van der Waals surface area contributed by atoms with Crippen molar-refractivity contribution in [3.8, 4) is 6.07 Å². The Bertz CT molecular complexity index is 552. The maximum atomic E-state index is 12.7. The zero-order valence-electron chi connectivity index (χ0n) is 9.02. The summed E-state index contributed by atoms with van der Waals surface area (Å²) in [5.74, 6) is -1.13. The Morgan fingerprint density at radius 1 is 1.56 bits per heavy atom. The van der Waals surface area contributed by atoms with Crippen LogP contribution in [0.5, 0.6) is 0 Å². The lowest BCUT2D eigenvalue weighted by Crippen LogP contribution is -2.08. The average Bonchev–Trinajstić information content (AvgIpc) is 2.35. The summed E-state index contributed by atoms with van der Waals surface area (Å²) in [6, 6.07) is 2.67. The van der Waals surface area contributed by atoms with Crippen LogP contribution in [0.25, 0.3) is 0 Å². The summed E-state index contributed by atoms with van der Waals surface area (Å²) < 4.78 is 29.6. The summed E-state index contributed by atoms with van der Waals surface area (Å²) in [6.45, 7) is 0. The van der Waals surface area contributed by atoms with Gasteiger partial charge >= 0.3 is 5.97 Å². The standard InChI is InChI=1S/C10H6F2N2O4/c1-18-10(15)7-3-8(14(16)17)5(4-13)2-6(7)9(11)12/h2-3,9H,1H3. The van der Waals surface area contributed by atoms with Gasteiger partial charge in [0, 0.05) is 11.6 Å². The highest BCUT2D eigenvalue weighted by atomic mass is 19.3. The van der Waals surface area contributed by atoms with Crippen LogP contribution in [0.1, 0.15) is 27.9 Å². The summed E-state index contributed by atoms with van der Waals surface area (Å²) in [6.07, 6.45) is -3.05. The minimum absolute atomic E-state index is 0.539. The number of carbonyl (C=O) groups excluding carboxylic acids is 1. The third kappa shape index (κ3) is 2.40. The molecule has 1 aromatic rings. The van der Waals surface area contributed by atoms with E-state index in [-0.39, 0.29) is 0 Å². The number of carbonyl (C=O) groups is 1. The third-order valence-corrected chi connectivity index (χ3v) is 2.13. The predicted octanol–water partition coefficient (Wildman–Crippen LogP) is 2.19. The number of nitro groups is 1. The molecule has 1 rings (SSSR count). The van der Waals surface area contributed by atoms with Crippen LogP contribution in [0.4, 0.5) is 14.5 Å². The van der Waals surface area contributed by atoms with E-state index < -0.39 is 39.7 Å². The van der Waals surface area contributed by atoms with E-state index in [4.69, 9.17) is 5.26 Å². The number of benzene rings is 1. The van der Waals surface area contributed by atoms with Crippen molar-refractivity contribution in [3.63, 3.8) is 0 Å². The molecule has 1 aromatic carbocycles. The van der Waals surface area contributed by atoms with Crippen molar-refractivity contribution in [2.75, 3.05) is 7.11 Å². The van der Waals surface area contributed by atoms with Crippen molar-refractivity contribution in [1.29, 1.82) is 5.26 Å².